The number of rotatable bonds is 8. The molecule has 0 saturated carbocycles. The first-order chi connectivity index (χ1) is 10.7. The van der Waals surface area contributed by atoms with Crippen LogP contribution >= 0.6 is 27.3 Å². The van der Waals surface area contributed by atoms with E-state index in [0.29, 0.717) is 18.4 Å². The van der Waals surface area contributed by atoms with Crippen LogP contribution in [0.5, 0.6) is 0 Å². The highest BCUT2D eigenvalue weighted by molar-refractivity contribution is 9.11. The Kier molecular flexibility index (Phi) is 8.58. The first-order valence-corrected chi connectivity index (χ1v) is 9.70. The first-order valence-electron chi connectivity index (χ1n) is 8.09. The third kappa shape index (κ3) is 9.33. The Labute approximate surface area is 152 Å². The van der Waals surface area contributed by atoms with Crippen LogP contribution in [-0.2, 0) is 11.2 Å². The van der Waals surface area contributed by atoms with Gasteiger partial charge in [-0.2, -0.15) is 0 Å². The van der Waals surface area contributed by atoms with E-state index >= 15 is 0 Å². The van der Waals surface area contributed by atoms with Crippen LogP contribution in [0.15, 0.2) is 15.9 Å². The lowest BCUT2D eigenvalue weighted by atomic mass is 9.96. The minimum atomic E-state index is -0.454. The van der Waals surface area contributed by atoms with E-state index in [9.17, 15) is 4.79 Å². The Hall–Kier alpha value is -0.590. The number of thiophene rings is 1. The van der Waals surface area contributed by atoms with E-state index in [1.165, 1.54) is 8.66 Å². The van der Waals surface area contributed by atoms with Crippen molar-refractivity contribution in [2.24, 2.45) is 11.8 Å². The minimum Gasteiger partial charge on any atom is -0.444 e. The summed E-state index contributed by atoms with van der Waals surface area (Å²) in [5.74, 6) is 0.880. The van der Waals surface area contributed by atoms with E-state index in [1.54, 1.807) is 11.3 Å². The van der Waals surface area contributed by atoms with Crippen LogP contribution < -0.4 is 10.6 Å². The Balaban J connectivity index is 2.27. The summed E-state index contributed by atoms with van der Waals surface area (Å²) < 4.78 is 6.46. The smallest absolute Gasteiger partial charge is 0.407 e. The molecule has 0 spiro atoms. The van der Waals surface area contributed by atoms with Gasteiger partial charge in [0, 0.05) is 11.4 Å². The topological polar surface area (TPSA) is 50.4 Å². The van der Waals surface area contributed by atoms with Gasteiger partial charge in [-0.1, -0.05) is 13.8 Å². The Morgan fingerprint density at radius 3 is 2.52 bits per heavy atom. The van der Waals surface area contributed by atoms with Crippen molar-refractivity contribution in [3.8, 4) is 0 Å². The highest BCUT2D eigenvalue weighted by Gasteiger charge is 2.18. The van der Waals surface area contributed by atoms with Crippen LogP contribution in [0, 0.1) is 11.8 Å². The van der Waals surface area contributed by atoms with Crippen molar-refractivity contribution in [1.29, 1.82) is 0 Å². The van der Waals surface area contributed by atoms with Crippen molar-refractivity contribution in [3.05, 3.63) is 20.8 Å². The molecule has 0 saturated heterocycles. The van der Waals surface area contributed by atoms with E-state index in [-0.39, 0.29) is 6.09 Å². The van der Waals surface area contributed by atoms with Gasteiger partial charge in [0.25, 0.3) is 0 Å². The number of amides is 1. The Morgan fingerprint density at radius 2 is 2.00 bits per heavy atom. The van der Waals surface area contributed by atoms with Gasteiger partial charge in [-0.25, -0.2) is 4.79 Å². The molecule has 0 radical (unpaired) electrons. The predicted molar refractivity (Wildman–Crippen MR) is 101 cm³/mol. The average molecular weight is 405 g/mol. The van der Waals surface area contributed by atoms with Gasteiger partial charge in [-0.15, -0.1) is 11.3 Å². The lowest BCUT2D eigenvalue weighted by Crippen LogP contribution is -2.39. The molecule has 1 aromatic heterocycles. The maximum Gasteiger partial charge on any atom is 0.407 e. The minimum absolute atomic E-state index is 0.341. The van der Waals surface area contributed by atoms with Gasteiger partial charge < -0.3 is 15.4 Å². The maximum absolute atomic E-state index is 11.7. The molecule has 0 bridgehead atoms. The summed E-state index contributed by atoms with van der Waals surface area (Å²) >= 11 is 5.26. The third-order valence-electron chi connectivity index (χ3n) is 3.43. The average Bonchev–Trinajstić information content (AvgIpc) is 2.81. The third-order valence-corrected chi connectivity index (χ3v) is 5.12. The molecular formula is C17H29BrN2O2S. The number of carbonyl (C=O) groups is 1. The summed E-state index contributed by atoms with van der Waals surface area (Å²) in [7, 11) is 0. The molecule has 1 aromatic rings. The van der Waals surface area contributed by atoms with Gasteiger partial charge in [0.2, 0.25) is 0 Å². The van der Waals surface area contributed by atoms with Crippen molar-refractivity contribution in [2.75, 3.05) is 19.6 Å². The van der Waals surface area contributed by atoms with Crippen molar-refractivity contribution < 1.29 is 9.53 Å². The van der Waals surface area contributed by atoms with E-state index in [1.807, 2.05) is 20.8 Å². The molecule has 0 aliphatic carbocycles. The van der Waals surface area contributed by atoms with Crippen LogP contribution in [-0.4, -0.2) is 31.3 Å². The molecule has 132 valence electrons. The summed E-state index contributed by atoms with van der Waals surface area (Å²) in [4.78, 5) is 13.1. The number of nitrogens with one attached hydrogen (secondary N) is 2. The van der Waals surface area contributed by atoms with Crippen LogP contribution in [0.4, 0.5) is 4.79 Å². The summed E-state index contributed by atoms with van der Waals surface area (Å²) in [5, 5.41) is 6.37. The maximum atomic E-state index is 11.7. The molecule has 1 heterocycles. The molecule has 1 rings (SSSR count). The van der Waals surface area contributed by atoms with Crippen molar-refractivity contribution in [1.82, 2.24) is 10.6 Å². The lowest BCUT2D eigenvalue weighted by molar-refractivity contribution is 0.0515. The second-order valence-corrected chi connectivity index (χ2v) is 9.59. The molecule has 0 aromatic carbocycles. The number of alkyl carbamates (subject to hydrolysis) is 1. The van der Waals surface area contributed by atoms with Crippen molar-refractivity contribution in [3.63, 3.8) is 0 Å². The molecule has 1 unspecified atom stereocenters. The number of carbonyl (C=O) groups excluding carboxylic acids is 1. The molecule has 6 heteroatoms. The highest BCUT2D eigenvalue weighted by atomic mass is 79.9. The summed E-state index contributed by atoms with van der Waals surface area (Å²) in [6.07, 6.45) is 0.687. The summed E-state index contributed by atoms with van der Waals surface area (Å²) in [6.45, 7) is 12.4. The number of hydrogen-bond donors (Lipinski definition) is 2. The van der Waals surface area contributed by atoms with Gasteiger partial charge >= 0.3 is 6.09 Å². The van der Waals surface area contributed by atoms with Crippen molar-refractivity contribution >= 4 is 33.4 Å². The highest BCUT2D eigenvalue weighted by Crippen LogP contribution is 2.22. The zero-order chi connectivity index (χ0) is 17.5. The molecular weight excluding hydrogens is 376 g/mol. The zero-order valence-corrected chi connectivity index (χ0v) is 17.1. The van der Waals surface area contributed by atoms with Gasteiger partial charge in [-0.05, 0) is 80.2 Å². The second-order valence-electron chi connectivity index (χ2n) is 7.05. The molecule has 1 amide bonds. The standard InChI is InChI=1S/C17H29BrN2O2S/c1-12(2)13(11-20-16(21)22-17(3,4)5)10-19-9-8-14-6-7-15(18)23-14/h6-7,12-13,19H,8-11H2,1-5H3,(H,20,21). The summed E-state index contributed by atoms with van der Waals surface area (Å²) in [5.41, 5.74) is -0.454. The monoisotopic (exact) mass is 404 g/mol. The zero-order valence-electron chi connectivity index (χ0n) is 14.7. The lowest BCUT2D eigenvalue weighted by Gasteiger charge is -2.24. The largest absolute Gasteiger partial charge is 0.444 e. The SMILES string of the molecule is CC(C)C(CNCCc1ccc(Br)s1)CNC(=O)OC(C)(C)C. The molecule has 0 aliphatic rings. The van der Waals surface area contributed by atoms with Crippen LogP contribution in [0.25, 0.3) is 0 Å². The first kappa shape index (κ1) is 20.5. The molecule has 0 fully saturated rings. The van der Waals surface area contributed by atoms with E-state index in [4.69, 9.17) is 4.74 Å². The second kappa shape index (κ2) is 9.64. The summed E-state index contributed by atoms with van der Waals surface area (Å²) in [6, 6.07) is 4.24. The number of halogens is 1. The van der Waals surface area contributed by atoms with Crippen LogP contribution in [0.1, 0.15) is 39.5 Å². The van der Waals surface area contributed by atoms with Crippen LogP contribution in [0.2, 0.25) is 0 Å². The van der Waals surface area contributed by atoms with E-state index in [0.717, 1.165) is 19.5 Å². The van der Waals surface area contributed by atoms with Gasteiger partial charge in [0.1, 0.15) is 5.60 Å². The van der Waals surface area contributed by atoms with Gasteiger partial charge in [0.05, 0.1) is 3.79 Å². The Morgan fingerprint density at radius 1 is 1.30 bits per heavy atom. The molecule has 0 aliphatic heterocycles. The van der Waals surface area contributed by atoms with Crippen molar-refractivity contribution in [2.45, 2.75) is 46.6 Å². The normalized spacial score (nSPS) is 13.2. The quantitative estimate of drug-likeness (QED) is 0.629. The van der Waals surface area contributed by atoms with Gasteiger partial charge in [0.15, 0.2) is 0 Å². The molecule has 23 heavy (non-hydrogen) atoms. The van der Waals surface area contributed by atoms with Crippen LogP contribution in [0.3, 0.4) is 0 Å². The number of hydrogen-bond acceptors (Lipinski definition) is 4. The molecule has 4 nitrogen and oxygen atoms in total. The fraction of sp³-hybridized carbons (Fsp3) is 0.706. The fourth-order valence-electron chi connectivity index (χ4n) is 2.06. The van der Waals surface area contributed by atoms with Gasteiger partial charge in [-0.3, -0.25) is 0 Å². The number of ether oxygens (including phenoxy) is 1. The predicted octanol–water partition coefficient (Wildman–Crippen LogP) is 4.44. The van der Waals surface area contributed by atoms with E-state index in [2.05, 4.69) is 52.5 Å². The molecule has 1 atom stereocenters. The fourth-order valence-corrected chi connectivity index (χ4v) is 3.54. The van der Waals surface area contributed by atoms with E-state index < -0.39 is 5.60 Å². The Bertz CT molecular complexity index is 483. The molecule has 2 N–H and O–H groups in total.